The number of carbonyl (C=O) groups excluding carboxylic acids is 3. The smallest absolute Gasteiger partial charge is 0.404 e. The number of rotatable bonds is 9. The normalized spacial score (nSPS) is 11.0. The van der Waals surface area contributed by atoms with Crippen LogP contribution in [-0.2, 0) is 14.9 Å². The van der Waals surface area contributed by atoms with Gasteiger partial charge in [-0.1, -0.05) is 44.2 Å². The van der Waals surface area contributed by atoms with Crippen LogP contribution in [0.25, 0.3) is 22.4 Å². The molecule has 4 rings (SSSR count). The van der Waals surface area contributed by atoms with Gasteiger partial charge >= 0.3 is 6.09 Å². The van der Waals surface area contributed by atoms with Gasteiger partial charge in [0.25, 0.3) is 5.91 Å². The van der Waals surface area contributed by atoms with Gasteiger partial charge in [0, 0.05) is 28.1 Å². The number of aromatic nitrogens is 2. The minimum atomic E-state index is -0.862. The summed E-state index contributed by atoms with van der Waals surface area (Å²) in [6.07, 6.45) is 0.797. The number of hydrogen-bond acceptors (Lipinski definition) is 8. The van der Waals surface area contributed by atoms with Crippen molar-refractivity contribution in [3.8, 4) is 22.4 Å². The average Bonchev–Trinajstić information content (AvgIpc) is 3.39. The van der Waals surface area contributed by atoms with Gasteiger partial charge in [-0.15, -0.1) is 11.3 Å². The molecule has 0 saturated heterocycles. The van der Waals surface area contributed by atoms with Gasteiger partial charge in [0.05, 0.1) is 12.2 Å². The standard InChI is InChI=1S/C28H28N6O4S/c1-28(2,16-38-26(30)37)21-8-4-7-20(12-21)25(36)32-14-24(35)34-27-33-22(15-39-27)19-6-3-5-17(11-19)18-9-10-31-23(29)13-18/h3-13,15H,14,16H2,1-2H3,(H2,29,31)(H2,30,37)(H,32,36)(H,33,34,35). The lowest BCUT2D eigenvalue weighted by Gasteiger charge is -2.24. The highest BCUT2D eigenvalue weighted by Gasteiger charge is 2.23. The van der Waals surface area contributed by atoms with Crippen LogP contribution in [0.3, 0.4) is 0 Å². The average molecular weight is 545 g/mol. The Balaban J connectivity index is 1.35. The monoisotopic (exact) mass is 544 g/mol. The number of carbonyl (C=O) groups is 3. The van der Waals surface area contributed by atoms with Crippen LogP contribution in [0.1, 0.15) is 29.8 Å². The number of primary amides is 1. The second kappa shape index (κ2) is 11.7. The first-order chi connectivity index (χ1) is 18.6. The van der Waals surface area contributed by atoms with Crippen molar-refractivity contribution >= 4 is 40.2 Å². The maximum Gasteiger partial charge on any atom is 0.404 e. The molecule has 0 spiro atoms. The molecule has 10 nitrogen and oxygen atoms in total. The second-order valence-electron chi connectivity index (χ2n) is 9.39. The van der Waals surface area contributed by atoms with Crippen molar-refractivity contribution in [3.05, 3.63) is 83.4 Å². The van der Waals surface area contributed by atoms with Crippen molar-refractivity contribution in [3.63, 3.8) is 0 Å². The number of nitrogen functional groups attached to an aromatic ring is 1. The van der Waals surface area contributed by atoms with Crippen LogP contribution >= 0.6 is 11.3 Å². The molecule has 0 aliphatic rings. The Bertz CT molecular complexity index is 1520. The summed E-state index contributed by atoms with van der Waals surface area (Å²) in [7, 11) is 0. The maximum absolute atomic E-state index is 12.7. The lowest BCUT2D eigenvalue weighted by atomic mass is 9.84. The fraction of sp³-hybridized carbons (Fsp3) is 0.179. The largest absolute Gasteiger partial charge is 0.449 e. The Morgan fingerprint density at radius 1 is 1.00 bits per heavy atom. The fourth-order valence-corrected chi connectivity index (χ4v) is 4.53. The van der Waals surface area contributed by atoms with E-state index < -0.39 is 23.3 Å². The fourth-order valence-electron chi connectivity index (χ4n) is 3.79. The summed E-state index contributed by atoms with van der Waals surface area (Å²) in [6, 6.07) is 18.4. The third-order valence-corrected chi connectivity index (χ3v) is 6.67. The molecule has 0 bridgehead atoms. The number of benzene rings is 2. The van der Waals surface area contributed by atoms with Crippen LogP contribution in [-0.4, -0.2) is 41.0 Å². The molecule has 2 heterocycles. The predicted molar refractivity (Wildman–Crippen MR) is 151 cm³/mol. The molecular weight excluding hydrogens is 516 g/mol. The molecule has 0 fully saturated rings. The highest BCUT2D eigenvalue weighted by molar-refractivity contribution is 7.14. The van der Waals surface area contributed by atoms with E-state index in [1.54, 1.807) is 30.5 Å². The van der Waals surface area contributed by atoms with Crippen molar-refractivity contribution in [2.24, 2.45) is 5.73 Å². The van der Waals surface area contributed by atoms with Crippen LogP contribution in [0, 0.1) is 0 Å². The minimum absolute atomic E-state index is 0.0638. The van der Waals surface area contributed by atoms with Gasteiger partial charge in [-0.05, 0) is 47.0 Å². The molecule has 0 aliphatic heterocycles. The van der Waals surface area contributed by atoms with E-state index in [-0.39, 0.29) is 13.2 Å². The zero-order chi connectivity index (χ0) is 28.0. The lowest BCUT2D eigenvalue weighted by molar-refractivity contribution is -0.115. The zero-order valence-corrected chi connectivity index (χ0v) is 22.2. The zero-order valence-electron chi connectivity index (χ0n) is 21.4. The van der Waals surface area contributed by atoms with Gasteiger partial charge < -0.3 is 26.8 Å². The summed E-state index contributed by atoms with van der Waals surface area (Å²) in [5.41, 5.74) is 15.0. The van der Waals surface area contributed by atoms with Crippen LogP contribution in [0.2, 0.25) is 0 Å². The van der Waals surface area contributed by atoms with Crippen molar-refractivity contribution < 1.29 is 19.1 Å². The van der Waals surface area contributed by atoms with Gasteiger partial charge in [0.15, 0.2) is 5.13 Å². The molecule has 11 heteroatoms. The third kappa shape index (κ3) is 7.17. The van der Waals surface area contributed by atoms with Gasteiger partial charge in [-0.2, -0.15) is 0 Å². The van der Waals surface area contributed by atoms with Gasteiger partial charge in [0.2, 0.25) is 5.91 Å². The number of thiazole rings is 1. The molecule has 0 radical (unpaired) electrons. The van der Waals surface area contributed by atoms with E-state index in [1.807, 2.05) is 55.6 Å². The molecular formula is C28H28N6O4S. The van der Waals surface area contributed by atoms with Crippen molar-refractivity contribution in [2.45, 2.75) is 19.3 Å². The number of hydrogen-bond donors (Lipinski definition) is 4. The van der Waals surface area contributed by atoms with Crippen LogP contribution in [0.5, 0.6) is 0 Å². The van der Waals surface area contributed by atoms with E-state index in [1.165, 1.54) is 11.3 Å². The maximum atomic E-state index is 12.7. The van der Waals surface area contributed by atoms with Crippen LogP contribution < -0.4 is 22.1 Å². The quantitative estimate of drug-likeness (QED) is 0.245. The Labute approximate surface area is 229 Å². The molecule has 0 atom stereocenters. The summed E-state index contributed by atoms with van der Waals surface area (Å²) in [5.74, 6) is -0.376. The van der Waals surface area contributed by atoms with E-state index in [0.29, 0.717) is 22.2 Å². The molecule has 200 valence electrons. The number of pyridine rings is 1. The molecule has 6 N–H and O–H groups in total. The molecule has 2 aromatic heterocycles. The summed E-state index contributed by atoms with van der Waals surface area (Å²) >= 11 is 1.29. The Morgan fingerprint density at radius 3 is 2.51 bits per heavy atom. The Hall–Kier alpha value is -4.77. The van der Waals surface area contributed by atoms with Crippen LogP contribution in [0.15, 0.2) is 72.2 Å². The minimum Gasteiger partial charge on any atom is -0.449 e. The molecule has 0 unspecified atom stereocenters. The number of nitrogens with one attached hydrogen (secondary N) is 2. The second-order valence-corrected chi connectivity index (χ2v) is 10.2. The SMILES string of the molecule is CC(C)(COC(N)=O)c1cccc(C(=O)NCC(=O)Nc2nc(-c3cccc(-c4ccnc(N)c4)c3)cs2)c1. The number of nitrogens with zero attached hydrogens (tertiary/aromatic N) is 2. The predicted octanol–water partition coefficient (Wildman–Crippen LogP) is 4.20. The Morgan fingerprint density at radius 2 is 1.74 bits per heavy atom. The van der Waals surface area contributed by atoms with Crippen molar-refractivity contribution in [1.82, 2.24) is 15.3 Å². The molecule has 3 amide bonds. The number of nitrogens with two attached hydrogens (primary N) is 2. The highest BCUT2D eigenvalue weighted by Crippen LogP contribution is 2.29. The summed E-state index contributed by atoms with van der Waals surface area (Å²) < 4.78 is 4.93. The topological polar surface area (TPSA) is 162 Å². The summed E-state index contributed by atoms with van der Waals surface area (Å²) in [4.78, 5) is 44.7. The van der Waals surface area contributed by atoms with Crippen molar-refractivity contribution in [2.75, 3.05) is 24.2 Å². The highest BCUT2D eigenvalue weighted by atomic mass is 32.1. The Kier molecular flexibility index (Phi) is 8.21. The van der Waals surface area contributed by atoms with Gasteiger partial charge in [-0.25, -0.2) is 14.8 Å². The first-order valence-electron chi connectivity index (χ1n) is 12.0. The van der Waals surface area contributed by atoms with Gasteiger partial charge in [-0.3, -0.25) is 9.59 Å². The summed E-state index contributed by atoms with van der Waals surface area (Å²) in [5, 5.41) is 7.61. The lowest BCUT2D eigenvalue weighted by Crippen LogP contribution is -2.33. The molecule has 2 aromatic carbocycles. The summed E-state index contributed by atoms with van der Waals surface area (Å²) in [6.45, 7) is 3.57. The first-order valence-corrected chi connectivity index (χ1v) is 12.9. The first kappa shape index (κ1) is 27.3. The number of ether oxygens (including phenoxy) is 1. The molecule has 4 aromatic rings. The van der Waals surface area contributed by atoms with Crippen molar-refractivity contribution in [1.29, 1.82) is 0 Å². The van der Waals surface area contributed by atoms with Crippen LogP contribution in [0.4, 0.5) is 15.7 Å². The third-order valence-electron chi connectivity index (χ3n) is 5.91. The molecule has 0 aliphatic carbocycles. The molecule has 39 heavy (non-hydrogen) atoms. The molecule has 0 saturated carbocycles. The van der Waals surface area contributed by atoms with E-state index in [4.69, 9.17) is 16.2 Å². The van der Waals surface area contributed by atoms with E-state index in [0.717, 1.165) is 22.3 Å². The number of amides is 3. The van der Waals surface area contributed by atoms with E-state index in [9.17, 15) is 14.4 Å². The van der Waals surface area contributed by atoms with E-state index in [2.05, 4.69) is 20.6 Å². The van der Waals surface area contributed by atoms with E-state index >= 15 is 0 Å². The number of anilines is 2. The van der Waals surface area contributed by atoms with Gasteiger partial charge in [0.1, 0.15) is 12.4 Å².